The minimum atomic E-state index is -1.32. The van der Waals surface area contributed by atoms with Gasteiger partial charge < -0.3 is 23.7 Å². The van der Waals surface area contributed by atoms with Crippen molar-refractivity contribution in [2.75, 3.05) is 6.61 Å². The molecule has 1 fully saturated rings. The van der Waals surface area contributed by atoms with Crippen molar-refractivity contribution in [3.8, 4) is 17.2 Å². The van der Waals surface area contributed by atoms with E-state index in [1.807, 2.05) is 6.07 Å². The van der Waals surface area contributed by atoms with Crippen LogP contribution in [0.15, 0.2) is 29.6 Å². The third-order valence-electron chi connectivity index (χ3n) is 7.18. The lowest BCUT2D eigenvalue weighted by Gasteiger charge is -2.44. The molecule has 13 heteroatoms. The average molecular weight is 626 g/mol. The summed E-state index contributed by atoms with van der Waals surface area (Å²) in [6.07, 6.45) is 3.88. The van der Waals surface area contributed by atoms with Gasteiger partial charge in [0.1, 0.15) is 23.8 Å². The highest BCUT2D eigenvalue weighted by molar-refractivity contribution is 7.99. The number of ether oxygens (including phenoxy) is 5. The van der Waals surface area contributed by atoms with Gasteiger partial charge >= 0.3 is 23.9 Å². The monoisotopic (exact) mass is 625 g/mol. The van der Waals surface area contributed by atoms with Crippen LogP contribution in [0.5, 0.6) is 0 Å². The Kier molecular flexibility index (Phi) is 11.3. The van der Waals surface area contributed by atoms with Gasteiger partial charge in [-0.05, 0) is 37.3 Å². The zero-order valence-electron chi connectivity index (χ0n) is 25.1. The van der Waals surface area contributed by atoms with E-state index in [1.54, 1.807) is 18.5 Å². The van der Waals surface area contributed by atoms with Crippen molar-refractivity contribution in [1.82, 2.24) is 9.97 Å². The second kappa shape index (κ2) is 15.1. The molecule has 2 aromatic rings. The molecule has 0 bridgehead atoms. The van der Waals surface area contributed by atoms with Crippen LogP contribution in [0.2, 0.25) is 0 Å². The van der Waals surface area contributed by atoms with Crippen molar-refractivity contribution in [2.45, 2.75) is 101 Å². The van der Waals surface area contributed by atoms with E-state index in [-0.39, 0.29) is 6.61 Å². The highest BCUT2D eigenvalue weighted by Crippen LogP contribution is 2.42. The number of thioether (sulfide) groups is 1. The van der Waals surface area contributed by atoms with Gasteiger partial charge in [-0.2, -0.15) is 5.26 Å². The van der Waals surface area contributed by atoms with Crippen molar-refractivity contribution < 1.29 is 42.9 Å². The minimum absolute atomic E-state index is 0.301. The van der Waals surface area contributed by atoms with Crippen LogP contribution < -0.4 is 0 Å². The van der Waals surface area contributed by atoms with Gasteiger partial charge in [0.05, 0.1) is 5.56 Å². The van der Waals surface area contributed by atoms with Gasteiger partial charge in [-0.3, -0.25) is 24.2 Å². The van der Waals surface area contributed by atoms with Crippen LogP contribution in [0.3, 0.4) is 0 Å². The number of nitriles is 1. The number of hydrogen-bond acceptors (Lipinski definition) is 13. The highest BCUT2D eigenvalue weighted by atomic mass is 32.2. The normalized spacial score (nSPS) is 23.1. The topological polar surface area (TPSA) is 164 Å². The van der Waals surface area contributed by atoms with Crippen LogP contribution >= 0.6 is 11.8 Å². The first-order valence-electron chi connectivity index (χ1n) is 14.4. The minimum Gasteiger partial charge on any atom is -0.463 e. The lowest BCUT2D eigenvalue weighted by Crippen LogP contribution is -2.61. The van der Waals surface area contributed by atoms with Crippen molar-refractivity contribution in [2.24, 2.45) is 0 Å². The molecule has 4 rings (SSSR count). The van der Waals surface area contributed by atoms with Crippen LogP contribution in [0.1, 0.15) is 70.2 Å². The number of aromatic nitrogens is 2. The standard InChI is InChI=1S/C31H35N3O9S/c1-17(35)39-16-25-27(40-18(2)36)28(41-19(3)37)29(42-20(4)38)31(43-25)44-30-23(14-32)26(21-10-9-13-33-15-21)22-11-7-5-6-8-12-24(22)34-30/h9-10,13,15,25,27-29,31H,5-8,11-12,16H2,1-4H3/t25-,27-,28+,29-,31+/m1/s1. The molecule has 12 nitrogen and oxygen atoms in total. The fourth-order valence-corrected chi connectivity index (χ4v) is 6.68. The summed E-state index contributed by atoms with van der Waals surface area (Å²) < 4.78 is 28.2. The molecule has 1 aliphatic heterocycles. The van der Waals surface area contributed by atoms with E-state index in [2.05, 4.69) is 11.1 Å². The Morgan fingerprint density at radius 2 is 1.59 bits per heavy atom. The Balaban J connectivity index is 1.86. The molecule has 0 aromatic carbocycles. The zero-order chi connectivity index (χ0) is 31.8. The summed E-state index contributed by atoms with van der Waals surface area (Å²) >= 11 is 1.02. The van der Waals surface area contributed by atoms with Gasteiger partial charge in [-0.15, -0.1) is 0 Å². The summed E-state index contributed by atoms with van der Waals surface area (Å²) in [4.78, 5) is 57.6. The SMILES string of the molecule is CC(=O)OC[C@H]1O[C@@H](Sc2nc3c(c(-c4cccnc4)c2C#N)CCCCCC3)[C@H](OC(C)=O)[C@@H](OC(C)=O)[C@@H]1OC(C)=O. The lowest BCUT2D eigenvalue weighted by atomic mass is 9.89. The first-order valence-corrected chi connectivity index (χ1v) is 15.3. The highest BCUT2D eigenvalue weighted by Gasteiger charge is 2.53. The molecular formula is C31H35N3O9S. The molecule has 0 saturated carbocycles. The number of carbonyl (C=O) groups excluding carboxylic acids is 4. The summed E-state index contributed by atoms with van der Waals surface area (Å²) in [6.45, 7) is 4.37. The molecule has 0 radical (unpaired) electrons. The molecule has 1 saturated heterocycles. The van der Waals surface area contributed by atoms with Crippen molar-refractivity contribution in [3.63, 3.8) is 0 Å². The third kappa shape index (κ3) is 8.12. The molecule has 234 valence electrons. The number of hydrogen-bond donors (Lipinski definition) is 0. The van der Waals surface area contributed by atoms with Gasteiger partial charge in [-0.1, -0.05) is 30.7 Å². The molecule has 2 aromatic heterocycles. The van der Waals surface area contributed by atoms with E-state index in [0.717, 1.165) is 73.2 Å². The lowest BCUT2D eigenvalue weighted by molar-refractivity contribution is -0.237. The van der Waals surface area contributed by atoms with E-state index in [1.165, 1.54) is 20.8 Å². The maximum absolute atomic E-state index is 12.3. The Labute approximate surface area is 259 Å². The molecule has 2 aliphatic rings. The summed E-state index contributed by atoms with van der Waals surface area (Å²) in [6, 6.07) is 6.02. The third-order valence-corrected chi connectivity index (χ3v) is 8.31. The molecule has 0 spiro atoms. The van der Waals surface area contributed by atoms with Gasteiger partial charge in [0.15, 0.2) is 23.7 Å². The van der Waals surface area contributed by atoms with Gasteiger partial charge in [0.2, 0.25) is 0 Å². The van der Waals surface area contributed by atoms with Crippen LogP contribution in [0, 0.1) is 11.3 Å². The average Bonchev–Trinajstić information content (AvgIpc) is 2.95. The number of pyridine rings is 2. The summed E-state index contributed by atoms with van der Waals surface area (Å²) in [5, 5.41) is 10.8. The molecule has 1 aliphatic carbocycles. The van der Waals surface area contributed by atoms with E-state index in [9.17, 15) is 24.4 Å². The second-order valence-corrected chi connectivity index (χ2v) is 11.6. The Hall–Kier alpha value is -4.02. The van der Waals surface area contributed by atoms with E-state index in [4.69, 9.17) is 28.7 Å². The van der Waals surface area contributed by atoms with Crippen LogP contribution in [-0.2, 0) is 55.7 Å². The number of rotatable bonds is 8. The van der Waals surface area contributed by atoms with Crippen molar-refractivity contribution in [1.29, 1.82) is 5.26 Å². The predicted molar refractivity (Wildman–Crippen MR) is 156 cm³/mol. The quantitative estimate of drug-likeness (QED) is 0.307. The number of aryl methyl sites for hydroxylation is 1. The summed E-state index contributed by atoms with van der Waals surface area (Å²) in [5.41, 5.74) is 2.56. The molecule has 44 heavy (non-hydrogen) atoms. The molecule has 0 N–H and O–H groups in total. The zero-order valence-corrected chi connectivity index (χ0v) is 25.9. The summed E-state index contributed by atoms with van der Waals surface area (Å²) in [5.74, 6) is -2.75. The van der Waals surface area contributed by atoms with Gasteiger partial charge in [0.25, 0.3) is 0 Å². The Morgan fingerprint density at radius 3 is 2.20 bits per heavy atom. The fourth-order valence-electron chi connectivity index (χ4n) is 5.48. The fraction of sp³-hybridized carbons (Fsp3) is 0.516. The Morgan fingerprint density at radius 1 is 0.932 bits per heavy atom. The molecule has 5 atom stereocenters. The number of esters is 4. The first-order chi connectivity index (χ1) is 21.1. The van der Waals surface area contributed by atoms with Crippen LogP contribution in [0.25, 0.3) is 11.1 Å². The number of fused-ring (bicyclic) bond motifs is 1. The van der Waals surface area contributed by atoms with Crippen LogP contribution in [-0.4, -0.2) is 70.3 Å². The smallest absolute Gasteiger partial charge is 0.303 e. The molecule has 0 amide bonds. The molecule has 3 heterocycles. The van der Waals surface area contributed by atoms with Crippen molar-refractivity contribution >= 4 is 35.6 Å². The van der Waals surface area contributed by atoms with Crippen molar-refractivity contribution in [3.05, 3.63) is 41.3 Å². The summed E-state index contributed by atoms with van der Waals surface area (Å²) in [7, 11) is 0. The van der Waals surface area contributed by atoms with E-state index >= 15 is 0 Å². The van der Waals surface area contributed by atoms with E-state index in [0.29, 0.717) is 17.0 Å². The van der Waals surface area contributed by atoms with Crippen LogP contribution in [0.4, 0.5) is 0 Å². The second-order valence-electron chi connectivity index (χ2n) is 10.5. The molecular weight excluding hydrogens is 590 g/mol. The maximum Gasteiger partial charge on any atom is 0.303 e. The Bertz CT molecular complexity index is 1430. The van der Waals surface area contributed by atoms with E-state index < -0.39 is 53.7 Å². The largest absolute Gasteiger partial charge is 0.463 e. The predicted octanol–water partition coefficient (Wildman–Crippen LogP) is 3.85. The first kappa shape index (κ1) is 32.9. The molecule has 0 unspecified atom stereocenters. The van der Waals surface area contributed by atoms with Gasteiger partial charge in [-0.25, -0.2) is 4.98 Å². The van der Waals surface area contributed by atoms with Gasteiger partial charge in [0, 0.05) is 56.9 Å². The number of carbonyl (C=O) groups is 4. The number of nitrogens with zero attached hydrogens (tertiary/aromatic N) is 3. The maximum atomic E-state index is 12.3.